The van der Waals surface area contributed by atoms with Crippen LogP contribution in [0.15, 0.2) is 60.7 Å². The van der Waals surface area contributed by atoms with Crippen molar-refractivity contribution in [2.75, 3.05) is 0 Å². The minimum absolute atomic E-state index is 0. The second-order valence-corrected chi connectivity index (χ2v) is 6.59. The molecule has 2 heteroatoms. The molecule has 0 N–H and O–H groups in total. The molecule has 0 bridgehead atoms. The molecule has 2 aromatic carbocycles. The van der Waals surface area contributed by atoms with Crippen molar-refractivity contribution < 1.29 is 32.8 Å². The maximum atomic E-state index is 2.38. The van der Waals surface area contributed by atoms with E-state index in [4.69, 9.17) is 0 Å². The number of halogens is 1. The zero-order chi connectivity index (χ0) is 13.5. The fourth-order valence-corrected chi connectivity index (χ4v) is 4.31. The van der Waals surface area contributed by atoms with E-state index in [2.05, 4.69) is 93.3 Å². The van der Waals surface area contributed by atoms with E-state index < -0.39 is 0 Å². The molecule has 102 valence electrons. The number of allylic oxidation sites excluding steroid dienone is 2. The van der Waals surface area contributed by atoms with Crippen molar-refractivity contribution in [3.63, 3.8) is 0 Å². The van der Waals surface area contributed by atoms with Crippen molar-refractivity contribution in [1.82, 2.24) is 0 Å². The third-order valence-electron chi connectivity index (χ3n) is 4.45. The summed E-state index contributed by atoms with van der Waals surface area (Å²) in [7, 11) is 0. The molecule has 2 aliphatic rings. The van der Waals surface area contributed by atoms with E-state index in [0.29, 0.717) is 16.1 Å². The molecule has 0 radical (unpaired) electrons. The Balaban J connectivity index is 0.00000132. The first-order chi connectivity index (χ1) is 9.84. The molecular formula is C19H15ClTi. The van der Waals surface area contributed by atoms with Gasteiger partial charge in [0.15, 0.2) is 0 Å². The molecule has 4 rings (SSSR count). The first-order valence-electron chi connectivity index (χ1n) is 7.10. The molecule has 0 nitrogen and oxygen atoms in total. The molecule has 0 aromatic heterocycles. The standard InChI is InChI=1S/C19H15.ClH.Ti/c1-3-7-18-14(5-1)9-11-16(18)13-17-12-10-15-6-2-4-8-19(15)17;;/h1-13,16-17H;1H;/q;;+1/p-1. The van der Waals surface area contributed by atoms with Crippen LogP contribution < -0.4 is 12.4 Å². The van der Waals surface area contributed by atoms with Crippen LogP contribution in [0.5, 0.6) is 0 Å². The van der Waals surface area contributed by atoms with Crippen molar-refractivity contribution >= 4 is 12.2 Å². The van der Waals surface area contributed by atoms with Gasteiger partial charge < -0.3 is 12.4 Å². The van der Waals surface area contributed by atoms with Crippen LogP contribution in [0, 0.1) is 0 Å². The van der Waals surface area contributed by atoms with Crippen LogP contribution in [0.3, 0.4) is 0 Å². The van der Waals surface area contributed by atoms with E-state index in [1.807, 2.05) is 0 Å². The second-order valence-electron chi connectivity index (χ2n) is 5.55. The summed E-state index contributed by atoms with van der Waals surface area (Å²) in [5, 5.41) is 0. The normalized spacial score (nSPS) is 22.4. The quantitative estimate of drug-likeness (QED) is 0.740. The van der Waals surface area contributed by atoms with Crippen molar-refractivity contribution in [2.45, 2.75) is 16.1 Å². The summed E-state index contributed by atoms with van der Waals surface area (Å²) in [5.74, 6) is 1.07. The van der Waals surface area contributed by atoms with Crippen molar-refractivity contribution in [3.05, 3.63) is 82.9 Å². The van der Waals surface area contributed by atoms with Crippen LogP contribution in [0.1, 0.15) is 34.1 Å². The number of hydrogen-bond donors (Lipinski definition) is 0. The molecule has 0 spiro atoms. The van der Waals surface area contributed by atoms with E-state index in [9.17, 15) is 0 Å². The van der Waals surface area contributed by atoms with E-state index in [-0.39, 0.29) is 12.4 Å². The second kappa shape index (κ2) is 5.97. The third-order valence-corrected chi connectivity index (χ3v) is 5.57. The monoisotopic (exact) mass is 326 g/mol. The number of benzene rings is 2. The Morgan fingerprint density at radius 3 is 1.62 bits per heavy atom. The van der Waals surface area contributed by atoms with Gasteiger partial charge in [-0.15, -0.1) is 0 Å². The van der Waals surface area contributed by atoms with Crippen molar-refractivity contribution in [3.8, 4) is 0 Å². The number of fused-ring (bicyclic) bond motifs is 2. The molecule has 0 saturated carbocycles. The van der Waals surface area contributed by atoms with E-state index >= 15 is 0 Å². The molecular weight excluding hydrogens is 312 g/mol. The predicted octanol–water partition coefficient (Wildman–Crippen LogP) is 1.95. The van der Waals surface area contributed by atoms with Gasteiger partial charge >= 0.3 is 132 Å². The molecule has 0 fully saturated rings. The number of hydrogen-bond acceptors (Lipinski definition) is 0. The fraction of sp³-hybridized carbons (Fsp3) is 0.158. The van der Waals surface area contributed by atoms with Crippen molar-refractivity contribution in [1.29, 1.82) is 0 Å². The van der Waals surface area contributed by atoms with E-state index in [1.165, 1.54) is 22.3 Å². The van der Waals surface area contributed by atoms with Gasteiger partial charge in [0.2, 0.25) is 0 Å². The van der Waals surface area contributed by atoms with Crippen LogP contribution >= 0.6 is 0 Å². The molecule has 0 amide bonds. The predicted molar refractivity (Wildman–Crippen MR) is 80.2 cm³/mol. The Hall–Kier alpha value is -1.08. The molecule has 21 heavy (non-hydrogen) atoms. The summed E-state index contributed by atoms with van der Waals surface area (Å²) in [6.45, 7) is 0. The Morgan fingerprint density at radius 1 is 0.714 bits per heavy atom. The summed E-state index contributed by atoms with van der Waals surface area (Å²) in [6, 6.07) is 17.6. The molecule has 2 unspecified atom stereocenters. The number of rotatable bonds is 2. The Morgan fingerprint density at radius 2 is 1.14 bits per heavy atom. The van der Waals surface area contributed by atoms with Gasteiger partial charge in [-0.3, -0.25) is 0 Å². The summed E-state index contributed by atoms with van der Waals surface area (Å²) in [4.78, 5) is 0. The average molecular weight is 327 g/mol. The van der Waals surface area contributed by atoms with Crippen LogP contribution in [0.2, 0.25) is 4.22 Å². The maximum absolute atomic E-state index is 2.38. The first kappa shape index (κ1) is 14.8. The average Bonchev–Trinajstić information content (AvgIpc) is 3.11. The molecule has 2 atom stereocenters. The Labute approximate surface area is 143 Å². The van der Waals surface area contributed by atoms with Crippen LogP contribution in [0.4, 0.5) is 0 Å². The van der Waals surface area contributed by atoms with Gasteiger partial charge in [-0.2, -0.15) is 0 Å². The van der Waals surface area contributed by atoms with Crippen LogP contribution in [-0.4, -0.2) is 0 Å². The summed E-state index contributed by atoms with van der Waals surface area (Å²) in [6.07, 6.45) is 9.32. The molecule has 0 heterocycles. The summed E-state index contributed by atoms with van der Waals surface area (Å²) < 4.78 is 0.592. The van der Waals surface area contributed by atoms with Crippen LogP contribution in [0.25, 0.3) is 12.2 Å². The van der Waals surface area contributed by atoms with Gasteiger partial charge in [0.05, 0.1) is 0 Å². The molecule has 0 aliphatic heterocycles. The Kier molecular flexibility index (Phi) is 4.22. The third kappa shape index (κ3) is 2.46. The molecule has 2 aromatic rings. The minimum atomic E-state index is 0. The van der Waals surface area contributed by atoms with E-state index in [1.54, 1.807) is 0 Å². The van der Waals surface area contributed by atoms with Gasteiger partial charge in [-0.05, 0) is 0 Å². The molecule has 2 aliphatic carbocycles. The van der Waals surface area contributed by atoms with Gasteiger partial charge in [0.25, 0.3) is 0 Å². The van der Waals surface area contributed by atoms with E-state index in [0.717, 1.165) is 0 Å². The zero-order valence-corrected chi connectivity index (χ0v) is 13.9. The summed E-state index contributed by atoms with van der Waals surface area (Å²) >= 11 is 2.38. The summed E-state index contributed by atoms with van der Waals surface area (Å²) in [5.41, 5.74) is 5.75. The van der Waals surface area contributed by atoms with Gasteiger partial charge in [-0.25, -0.2) is 0 Å². The molecule has 0 saturated heterocycles. The zero-order valence-electron chi connectivity index (χ0n) is 11.5. The van der Waals surface area contributed by atoms with Crippen LogP contribution in [-0.2, 0) is 20.4 Å². The van der Waals surface area contributed by atoms with Gasteiger partial charge in [-0.1, -0.05) is 0 Å². The fourth-order valence-electron chi connectivity index (χ4n) is 3.40. The first-order valence-corrected chi connectivity index (χ1v) is 8.00. The topological polar surface area (TPSA) is 0 Å². The van der Waals surface area contributed by atoms with Gasteiger partial charge in [0.1, 0.15) is 0 Å². The van der Waals surface area contributed by atoms with Gasteiger partial charge in [0, 0.05) is 0 Å². The van der Waals surface area contributed by atoms with Crippen molar-refractivity contribution in [2.24, 2.45) is 0 Å². The Bertz CT molecular complexity index is 656. The SMILES string of the molecule is [Cl-].[Ti+][CH](C1C=Cc2ccccc21)C1C=Cc2ccccc21.